The Morgan fingerprint density at radius 2 is 1.71 bits per heavy atom. The normalized spacial score (nSPS) is 10.1. The molecular formula is C13H16O4. The number of carbonyl (C=O) groups is 2. The van der Waals surface area contributed by atoms with Crippen molar-refractivity contribution in [2.75, 3.05) is 7.11 Å². The highest BCUT2D eigenvalue weighted by Gasteiger charge is 2.12. The van der Waals surface area contributed by atoms with E-state index in [1.54, 1.807) is 19.2 Å². The van der Waals surface area contributed by atoms with Gasteiger partial charge in [0.2, 0.25) is 0 Å². The molecule has 4 heteroatoms. The number of aryl methyl sites for hydroxylation is 2. The summed E-state index contributed by atoms with van der Waals surface area (Å²) in [5, 5.41) is 8.53. The zero-order chi connectivity index (χ0) is 13.0. The van der Waals surface area contributed by atoms with E-state index in [1.807, 2.05) is 13.8 Å². The SMILES string of the molecule is COc1c(C)cc(C(=O)CCC(=O)O)cc1C. The zero-order valence-corrected chi connectivity index (χ0v) is 10.2. The van der Waals surface area contributed by atoms with E-state index in [0.29, 0.717) is 5.56 Å². The van der Waals surface area contributed by atoms with Crippen molar-refractivity contribution in [3.8, 4) is 5.75 Å². The lowest BCUT2D eigenvalue weighted by atomic mass is 10.0. The Hall–Kier alpha value is -1.84. The van der Waals surface area contributed by atoms with Crippen LogP contribution in [0.25, 0.3) is 0 Å². The summed E-state index contributed by atoms with van der Waals surface area (Å²) in [6.07, 6.45) is -0.108. The van der Waals surface area contributed by atoms with Gasteiger partial charge in [-0.25, -0.2) is 0 Å². The lowest BCUT2D eigenvalue weighted by molar-refractivity contribution is -0.136. The number of methoxy groups -OCH3 is 1. The molecule has 1 aromatic carbocycles. The molecule has 92 valence electrons. The quantitative estimate of drug-likeness (QED) is 0.797. The Balaban J connectivity index is 2.92. The molecule has 4 nitrogen and oxygen atoms in total. The van der Waals surface area contributed by atoms with Crippen LogP contribution in [0.5, 0.6) is 5.75 Å². The molecule has 0 amide bonds. The number of hydrogen-bond acceptors (Lipinski definition) is 3. The van der Waals surface area contributed by atoms with Gasteiger partial charge in [-0.05, 0) is 37.1 Å². The maximum atomic E-state index is 11.7. The molecule has 0 unspecified atom stereocenters. The van der Waals surface area contributed by atoms with E-state index < -0.39 is 5.97 Å². The van der Waals surface area contributed by atoms with Crippen molar-refractivity contribution in [2.24, 2.45) is 0 Å². The van der Waals surface area contributed by atoms with Crippen molar-refractivity contribution in [3.63, 3.8) is 0 Å². The van der Waals surface area contributed by atoms with Crippen LogP contribution in [0.4, 0.5) is 0 Å². The lowest BCUT2D eigenvalue weighted by Crippen LogP contribution is -2.05. The molecule has 17 heavy (non-hydrogen) atoms. The summed E-state index contributed by atoms with van der Waals surface area (Å²) in [6, 6.07) is 3.46. The maximum Gasteiger partial charge on any atom is 0.303 e. The average molecular weight is 236 g/mol. The van der Waals surface area contributed by atoms with Gasteiger partial charge in [-0.15, -0.1) is 0 Å². The topological polar surface area (TPSA) is 63.6 Å². The monoisotopic (exact) mass is 236 g/mol. The first-order valence-electron chi connectivity index (χ1n) is 5.36. The second kappa shape index (κ2) is 5.48. The van der Waals surface area contributed by atoms with Crippen molar-refractivity contribution < 1.29 is 19.4 Å². The van der Waals surface area contributed by atoms with Crippen LogP contribution in [-0.2, 0) is 4.79 Å². The highest BCUT2D eigenvalue weighted by molar-refractivity contribution is 5.98. The van der Waals surface area contributed by atoms with E-state index in [-0.39, 0.29) is 18.6 Å². The van der Waals surface area contributed by atoms with Gasteiger partial charge in [-0.3, -0.25) is 9.59 Å². The molecule has 0 atom stereocenters. The largest absolute Gasteiger partial charge is 0.496 e. The van der Waals surface area contributed by atoms with E-state index in [0.717, 1.165) is 16.9 Å². The van der Waals surface area contributed by atoms with Crippen LogP contribution in [0.1, 0.15) is 34.3 Å². The molecule has 1 rings (SSSR count). The Labute approximate surface area is 100 Å². The second-order valence-corrected chi connectivity index (χ2v) is 3.96. The van der Waals surface area contributed by atoms with E-state index in [1.165, 1.54) is 0 Å². The van der Waals surface area contributed by atoms with Crippen LogP contribution in [-0.4, -0.2) is 24.0 Å². The van der Waals surface area contributed by atoms with Gasteiger partial charge in [0.1, 0.15) is 5.75 Å². The second-order valence-electron chi connectivity index (χ2n) is 3.96. The van der Waals surface area contributed by atoms with Gasteiger partial charge < -0.3 is 9.84 Å². The molecule has 0 spiro atoms. The van der Waals surface area contributed by atoms with Crippen molar-refractivity contribution in [2.45, 2.75) is 26.7 Å². The van der Waals surface area contributed by atoms with Crippen molar-refractivity contribution in [3.05, 3.63) is 28.8 Å². The number of carboxylic acid groups (broad SMARTS) is 1. The number of ketones is 1. The molecule has 0 fully saturated rings. The van der Waals surface area contributed by atoms with Gasteiger partial charge in [0.25, 0.3) is 0 Å². The molecule has 1 N–H and O–H groups in total. The number of Topliss-reactive ketones (excluding diaryl/α,β-unsaturated/α-hetero) is 1. The van der Waals surface area contributed by atoms with Crippen molar-refractivity contribution in [1.29, 1.82) is 0 Å². The van der Waals surface area contributed by atoms with Crippen LogP contribution >= 0.6 is 0 Å². The summed E-state index contributed by atoms with van der Waals surface area (Å²) in [5.41, 5.74) is 2.31. The Kier molecular flexibility index (Phi) is 4.26. The molecule has 0 aromatic heterocycles. The highest BCUT2D eigenvalue weighted by Crippen LogP contribution is 2.24. The predicted octanol–water partition coefficient (Wildman–Crippen LogP) is 2.36. The van der Waals surface area contributed by atoms with E-state index in [2.05, 4.69) is 0 Å². The first-order valence-corrected chi connectivity index (χ1v) is 5.36. The van der Waals surface area contributed by atoms with Gasteiger partial charge in [0.15, 0.2) is 5.78 Å². The molecule has 0 bridgehead atoms. The lowest BCUT2D eigenvalue weighted by Gasteiger charge is -2.10. The van der Waals surface area contributed by atoms with Crippen molar-refractivity contribution in [1.82, 2.24) is 0 Å². The molecule has 0 aliphatic heterocycles. The minimum atomic E-state index is -0.958. The third-order valence-electron chi connectivity index (χ3n) is 2.55. The number of ether oxygens (including phenoxy) is 1. The third-order valence-corrected chi connectivity index (χ3v) is 2.55. The van der Waals surface area contributed by atoms with Gasteiger partial charge >= 0.3 is 5.97 Å². The summed E-state index contributed by atoms with van der Waals surface area (Å²) in [5.74, 6) is -0.346. The highest BCUT2D eigenvalue weighted by atomic mass is 16.5. The minimum absolute atomic E-state index is 0.0283. The molecule has 0 saturated heterocycles. The van der Waals surface area contributed by atoms with Gasteiger partial charge in [0, 0.05) is 12.0 Å². The third kappa shape index (κ3) is 3.31. The van der Waals surface area contributed by atoms with Crippen LogP contribution in [0, 0.1) is 13.8 Å². The smallest absolute Gasteiger partial charge is 0.303 e. The fraction of sp³-hybridized carbons (Fsp3) is 0.385. The molecule has 1 aromatic rings. The molecule has 0 radical (unpaired) electrons. The van der Waals surface area contributed by atoms with Crippen LogP contribution in [0.15, 0.2) is 12.1 Å². The molecule has 0 saturated carbocycles. The van der Waals surface area contributed by atoms with E-state index in [9.17, 15) is 9.59 Å². The molecule has 0 aliphatic carbocycles. The Bertz CT molecular complexity index is 426. The summed E-state index contributed by atoms with van der Waals surface area (Å²) in [6.45, 7) is 3.72. The Morgan fingerprint density at radius 3 is 2.12 bits per heavy atom. The number of carbonyl (C=O) groups excluding carboxylic acids is 1. The van der Waals surface area contributed by atoms with Gasteiger partial charge in [-0.2, -0.15) is 0 Å². The minimum Gasteiger partial charge on any atom is -0.496 e. The summed E-state index contributed by atoms with van der Waals surface area (Å²) in [4.78, 5) is 22.1. The first kappa shape index (κ1) is 13.2. The van der Waals surface area contributed by atoms with Crippen LogP contribution < -0.4 is 4.74 Å². The fourth-order valence-electron chi connectivity index (χ4n) is 1.80. The fourth-order valence-corrected chi connectivity index (χ4v) is 1.80. The maximum absolute atomic E-state index is 11.7. The van der Waals surface area contributed by atoms with Crippen LogP contribution in [0.2, 0.25) is 0 Å². The number of rotatable bonds is 5. The number of hydrogen-bond donors (Lipinski definition) is 1. The predicted molar refractivity (Wildman–Crippen MR) is 63.7 cm³/mol. The van der Waals surface area contributed by atoms with Gasteiger partial charge in [0.05, 0.1) is 13.5 Å². The van der Waals surface area contributed by atoms with E-state index >= 15 is 0 Å². The zero-order valence-electron chi connectivity index (χ0n) is 10.2. The summed E-state index contributed by atoms with van der Waals surface area (Å²) in [7, 11) is 1.58. The van der Waals surface area contributed by atoms with E-state index in [4.69, 9.17) is 9.84 Å². The summed E-state index contributed by atoms with van der Waals surface area (Å²) >= 11 is 0. The first-order chi connectivity index (χ1) is 7.95. The van der Waals surface area contributed by atoms with Crippen LogP contribution in [0.3, 0.4) is 0 Å². The number of aliphatic carboxylic acids is 1. The number of carboxylic acids is 1. The molecular weight excluding hydrogens is 220 g/mol. The standard InChI is InChI=1S/C13H16O4/c1-8-6-10(7-9(2)13(8)17-3)11(14)4-5-12(15)16/h6-7H,4-5H2,1-3H3,(H,15,16). The summed E-state index contributed by atoms with van der Waals surface area (Å²) < 4.78 is 5.20. The van der Waals surface area contributed by atoms with Crippen molar-refractivity contribution >= 4 is 11.8 Å². The van der Waals surface area contributed by atoms with Gasteiger partial charge in [-0.1, -0.05) is 0 Å². The molecule has 0 aliphatic rings. The molecule has 0 heterocycles. The number of benzene rings is 1. The average Bonchev–Trinajstić information content (AvgIpc) is 2.25. The Morgan fingerprint density at radius 1 is 1.18 bits per heavy atom.